The Kier molecular flexibility index (Phi) is 5.24. The molecule has 1 aromatic rings. The van der Waals surface area contributed by atoms with Crippen LogP contribution in [0.15, 0.2) is 12.3 Å². The number of nitrogen functional groups attached to an aromatic ring is 1. The fourth-order valence-electron chi connectivity index (χ4n) is 1.47. The van der Waals surface area contributed by atoms with Crippen molar-refractivity contribution in [3.05, 3.63) is 17.8 Å². The molecule has 0 saturated carbocycles. The van der Waals surface area contributed by atoms with Crippen molar-refractivity contribution < 1.29 is 0 Å². The van der Waals surface area contributed by atoms with Gasteiger partial charge in [0.05, 0.1) is 11.3 Å². The first-order valence-electron chi connectivity index (χ1n) is 5.68. The third-order valence-corrected chi connectivity index (χ3v) is 2.44. The Balaban J connectivity index is 2.40. The van der Waals surface area contributed by atoms with Gasteiger partial charge in [-0.25, -0.2) is 4.98 Å². The van der Waals surface area contributed by atoms with Gasteiger partial charge in [-0.2, -0.15) is 5.26 Å². The standard InChI is InChI=1S/C12H19N5/c1-17(2)8-4-3-6-15-12-11(14)10(9-13)5-7-16-12/h5,7H,3-4,6,8,14H2,1-2H3,(H,15,16). The van der Waals surface area contributed by atoms with Crippen molar-refractivity contribution in [2.24, 2.45) is 0 Å². The molecule has 1 rings (SSSR count). The fraction of sp³-hybridized carbons (Fsp3) is 0.500. The molecular weight excluding hydrogens is 214 g/mol. The fourth-order valence-corrected chi connectivity index (χ4v) is 1.47. The zero-order valence-electron chi connectivity index (χ0n) is 10.4. The first kappa shape index (κ1) is 13.3. The maximum atomic E-state index is 8.82. The number of rotatable bonds is 6. The molecule has 1 heterocycles. The summed E-state index contributed by atoms with van der Waals surface area (Å²) in [6.07, 6.45) is 3.77. The maximum absolute atomic E-state index is 8.82. The molecule has 5 heteroatoms. The minimum absolute atomic E-state index is 0.433. The molecule has 1 aromatic heterocycles. The van der Waals surface area contributed by atoms with Crippen LogP contribution in [0.5, 0.6) is 0 Å². The predicted molar refractivity (Wildman–Crippen MR) is 69.6 cm³/mol. The van der Waals surface area contributed by atoms with E-state index >= 15 is 0 Å². The molecule has 17 heavy (non-hydrogen) atoms. The van der Waals surface area contributed by atoms with Gasteiger partial charge in [0.15, 0.2) is 5.82 Å². The topological polar surface area (TPSA) is 78.0 Å². The van der Waals surface area contributed by atoms with Gasteiger partial charge in [-0.3, -0.25) is 0 Å². The van der Waals surface area contributed by atoms with E-state index in [1.54, 1.807) is 12.3 Å². The van der Waals surface area contributed by atoms with Crippen LogP contribution in [0.4, 0.5) is 11.5 Å². The number of nitrogens with zero attached hydrogens (tertiary/aromatic N) is 3. The van der Waals surface area contributed by atoms with Crippen LogP contribution < -0.4 is 11.1 Å². The third-order valence-electron chi connectivity index (χ3n) is 2.44. The molecule has 0 aromatic carbocycles. The van der Waals surface area contributed by atoms with Crippen LogP contribution in [0.25, 0.3) is 0 Å². The lowest BCUT2D eigenvalue weighted by Crippen LogP contribution is -2.14. The Labute approximate surface area is 102 Å². The van der Waals surface area contributed by atoms with E-state index in [-0.39, 0.29) is 0 Å². The molecule has 0 aliphatic rings. The largest absolute Gasteiger partial charge is 0.395 e. The summed E-state index contributed by atoms with van der Waals surface area (Å²) >= 11 is 0. The molecule has 0 bridgehead atoms. The average molecular weight is 233 g/mol. The van der Waals surface area contributed by atoms with Crippen LogP contribution in [0, 0.1) is 11.3 Å². The van der Waals surface area contributed by atoms with Gasteiger partial charge in [0, 0.05) is 12.7 Å². The van der Waals surface area contributed by atoms with Crippen molar-refractivity contribution in [3.63, 3.8) is 0 Å². The molecule has 0 atom stereocenters. The lowest BCUT2D eigenvalue weighted by atomic mass is 10.2. The Morgan fingerprint density at radius 3 is 2.88 bits per heavy atom. The molecule has 0 aliphatic heterocycles. The van der Waals surface area contributed by atoms with Gasteiger partial charge in [0.2, 0.25) is 0 Å². The minimum atomic E-state index is 0.433. The van der Waals surface area contributed by atoms with E-state index in [0.717, 1.165) is 25.9 Å². The van der Waals surface area contributed by atoms with Gasteiger partial charge >= 0.3 is 0 Å². The number of pyridine rings is 1. The lowest BCUT2D eigenvalue weighted by Gasteiger charge is -2.11. The van der Waals surface area contributed by atoms with Crippen LogP contribution in [0.2, 0.25) is 0 Å². The summed E-state index contributed by atoms with van der Waals surface area (Å²) in [6, 6.07) is 3.66. The second-order valence-corrected chi connectivity index (χ2v) is 4.17. The quantitative estimate of drug-likeness (QED) is 0.724. The molecule has 0 radical (unpaired) electrons. The normalized spacial score (nSPS) is 10.2. The number of unbranched alkanes of at least 4 members (excludes halogenated alkanes) is 1. The summed E-state index contributed by atoms with van der Waals surface area (Å²) in [5.41, 5.74) is 6.70. The summed E-state index contributed by atoms with van der Waals surface area (Å²) in [5, 5.41) is 12.0. The van der Waals surface area contributed by atoms with Crippen molar-refractivity contribution in [2.75, 3.05) is 38.2 Å². The van der Waals surface area contributed by atoms with E-state index in [4.69, 9.17) is 11.0 Å². The van der Waals surface area contributed by atoms with Gasteiger partial charge in [-0.1, -0.05) is 0 Å². The molecule has 3 N–H and O–H groups in total. The highest BCUT2D eigenvalue weighted by Crippen LogP contribution is 2.18. The average Bonchev–Trinajstić information content (AvgIpc) is 2.30. The number of nitrogens with two attached hydrogens (primary N) is 1. The molecule has 0 fully saturated rings. The van der Waals surface area contributed by atoms with Gasteiger partial charge < -0.3 is 16.0 Å². The van der Waals surface area contributed by atoms with Gasteiger partial charge in [-0.05, 0) is 39.5 Å². The summed E-state index contributed by atoms with van der Waals surface area (Å²) in [6.45, 7) is 1.89. The lowest BCUT2D eigenvalue weighted by molar-refractivity contribution is 0.396. The van der Waals surface area contributed by atoms with Crippen LogP contribution >= 0.6 is 0 Å². The van der Waals surface area contributed by atoms with E-state index in [0.29, 0.717) is 17.1 Å². The van der Waals surface area contributed by atoms with Crippen molar-refractivity contribution >= 4 is 11.5 Å². The third kappa shape index (κ3) is 4.29. The van der Waals surface area contributed by atoms with Crippen molar-refractivity contribution in [3.8, 4) is 6.07 Å². The highest BCUT2D eigenvalue weighted by Gasteiger charge is 2.04. The van der Waals surface area contributed by atoms with Crippen LogP contribution in [-0.4, -0.2) is 37.1 Å². The minimum Gasteiger partial charge on any atom is -0.395 e. The summed E-state index contributed by atoms with van der Waals surface area (Å²) in [4.78, 5) is 6.28. The Hall–Kier alpha value is -1.80. The van der Waals surface area contributed by atoms with E-state index in [1.807, 2.05) is 6.07 Å². The van der Waals surface area contributed by atoms with Crippen molar-refractivity contribution in [2.45, 2.75) is 12.8 Å². The van der Waals surface area contributed by atoms with E-state index in [1.165, 1.54) is 0 Å². The molecular formula is C12H19N5. The Morgan fingerprint density at radius 1 is 1.47 bits per heavy atom. The van der Waals surface area contributed by atoms with Crippen LogP contribution in [-0.2, 0) is 0 Å². The second-order valence-electron chi connectivity index (χ2n) is 4.17. The summed E-state index contributed by atoms with van der Waals surface area (Å²) in [5.74, 6) is 0.605. The van der Waals surface area contributed by atoms with E-state index in [9.17, 15) is 0 Å². The summed E-state index contributed by atoms with van der Waals surface area (Å²) < 4.78 is 0. The van der Waals surface area contributed by atoms with Crippen molar-refractivity contribution in [1.82, 2.24) is 9.88 Å². The first-order chi connectivity index (χ1) is 8.15. The monoisotopic (exact) mass is 233 g/mol. The number of nitriles is 1. The second kappa shape index (κ2) is 6.71. The van der Waals surface area contributed by atoms with Crippen molar-refractivity contribution in [1.29, 1.82) is 5.26 Å². The Morgan fingerprint density at radius 2 is 2.24 bits per heavy atom. The SMILES string of the molecule is CN(C)CCCCNc1nccc(C#N)c1N. The first-order valence-corrected chi connectivity index (χ1v) is 5.68. The number of hydrogen-bond donors (Lipinski definition) is 2. The molecule has 0 aliphatic carbocycles. The number of hydrogen-bond acceptors (Lipinski definition) is 5. The molecule has 0 saturated heterocycles. The highest BCUT2D eigenvalue weighted by molar-refractivity contribution is 5.68. The predicted octanol–water partition coefficient (Wildman–Crippen LogP) is 1.29. The van der Waals surface area contributed by atoms with E-state index < -0.39 is 0 Å². The zero-order chi connectivity index (χ0) is 12.7. The summed E-state index contributed by atoms with van der Waals surface area (Å²) in [7, 11) is 4.12. The van der Waals surface area contributed by atoms with Gasteiger partial charge in [0.25, 0.3) is 0 Å². The number of aromatic nitrogens is 1. The number of anilines is 2. The smallest absolute Gasteiger partial charge is 0.150 e. The molecule has 0 unspecified atom stereocenters. The molecule has 0 spiro atoms. The maximum Gasteiger partial charge on any atom is 0.150 e. The Bertz CT molecular complexity index is 394. The van der Waals surface area contributed by atoms with Crippen LogP contribution in [0.1, 0.15) is 18.4 Å². The molecule has 92 valence electrons. The zero-order valence-corrected chi connectivity index (χ0v) is 10.4. The van der Waals surface area contributed by atoms with Crippen LogP contribution in [0.3, 0.4) is 0 Å². The van der Waals surface area contributed by atoms with Gasteiger partial charge in [-0.15, -0.1) is 0 Å². The molecule has 5 nitrogen and oxygen atoms in total. The van der Waals surface area contributed by atoms with E-state index in [2.05, 4.69) is 29.3 Å². The van der Waals surface area contributed by atoms with Gasteiger partial charge in [0.1, 0.15) is 6.07 Å². The molecule has 0 amide bonds. The highest BCUT2D eigenvalue weighted by atomic mass is 15.0. The number of nitrogens with one attached hydrogen (secondary N) is 1.